The van der Waals surface area contributed by atoms with E-state index in [1.165, 1.54) is 18.1 Å². The fourth-order valence-electron chi connectivity index (χ4n) is 1.66. The lowest BCUT2D eigenvalue weighted by Crippen LogP contribution is -2.34. The summed E-state index contributed by atoms with van der Waals surface area (Å²) in [7, 11) is 2.88. The zero-order chi connectivity index (χ0) is 15.7. The molecule has 0 aliphatic heterocycles. The molecule has 0 N–H and O–H groups in total. The minimum Gasteiger partial charge on any atom is -0.469 e. The fraction of sp³-hybridized carbons (Fsp3) is 0.467. The van der Waals surface area contributed by atoms with Crippen LogP contribution >= 0.6 is 0 Å². The SMILES string of the molecule is COCCN(CCC(=O)OC)C(=O)C=Cc1ccc(C)o1. The first kappa shape index (κ1) is 17.0. The molecule has 0 atom stereocenters. The third-order valence-corrected chi connectivity index (χ3v) is 2.84. The van der Waals surface area contributed by atoms with Crippen molar-refractivity contribution in [3.8, 4) is 0 Å². The maximum absolute atomic E-state index is 12.1. The lowest BCUT2D eigenvalue weighted by molar-refractivity contribution is -0.141. The molecule has 0 aliphatic rings. The van der Waals surface area contributed by atoms with Gasteiger partial charge in [-0.05, 0) is 25.1 Å². The molecule has 21 heavy (non-hydrogen) atoms. The van der Waals surface area contributed by atoms with Crippen LogP contribution in [0.4, 0.5) is 0 Å². The minimum atomic E-state index is -0.351. The number of ether oxygens (including phenoxy) is 2. The van der Waals surface area contributed by atoms with Gasteiger partial charge in [-0.25, -0.2) is 0 Å². The van der Waals surface area contributed by atoms with E-state index in [1.54, 1.807) is 19.3 Å². The Morgan fingerprint density at radius 1 is 1.29 bits per heavy atom. The Labute approximate surface area is 124 Å². The third-order valence-electron chi connectivity index (χ3n) is 2.84. The molecule has 1 heterocycles. The average molecular weight is 295 g/mol. The van der Waals surface area contributed by atoms with Gasteiger partial charge in [0.2, 0.25) is 5.91 Å². The third kappa shape index (κ3) is 6.27. The normalized spacial score (nSPS) is 10.8. The number of amides is 1. The van der Waals surface area contributed by atoms with Crippen LogP contribution in [0.2, 0.25) is 0 Å². The van der Waals surface area contributed by atoms with E-state index in [2.05, 4.69) is 4.74 Å². The van der Waals surface area contributed by atoms with Gasteiger partial charge in [-0.1, -0.05) is 0 Å². The maximum atomic E-state index is 12.1. The van der Waals surface area contributed by atoms with Gasteiger partial charge in [-0.15, -0.1) is 0 Å². The maximum Gasteiger partial charge on any atom is 0.307 e. The summed E-state index contributed by atoms with van der Waals surface area (Å²) in [6.45, 7) is 2.94. The number of carbonyl (C=O) groups is 2. The van der Waals surface area contributed by atoms with E-state index in [0.29, 0.717) is 18.9 Å². The zero-order valence-corrected chi connectivity index (χ0v) is 12.6. The van der Waals surface area contributed by atoms with Gasteiger partial charge in [-0.2, -0.15) is 0 Å². The van der Waals surface area contributed by atoms with Crippen LogP contribution < -0.4 is 0 Å². The van der Waals surface area contributed by atoms with Crippen molar-refractivity contribution in [2.45, 2.75) is 13.3 Å². The van der Waals surface area contributed by atoms with Crippen LogP contribution in [0.25, 0.3) is 6.08 Å². The topological polar surface area (TPSA) is 69.0 Å². The van der Waals surface area contributed by atoms with Gasteiger partial charge in [0.05, 0.1) is 20.1 Å². The summed E-state index contributed by atoms with van der Waals surface area (Å²) in [5.74, 6) is 0.838. The monoisotopic (exact) mass is 295 g/mol. The highest BCUT2D eigenvalue weighted by Crippen LogP contribution is 2.08. The molecule has 6 nitrogen and oxygen atoms in total. The van der Waals surface area contributed by atoms with Gasteiger partial charge < -0.3 is 18.8 Å². The van der Waals surface area contributed by atoms with Crippen molar-refractivity contribution in [1.82, 2.24) is 4.90 Å². The number of hydrogen-bond donors (Lipinski definition) is 0. The molecule has 0 radical (unpaired) electrons. The Kier molecular flexibility index (Phi) is 7.25. The number of rotatable bonds is 8. The molecule has 1 amide bonds. The average Bonchev–Trinajstić information content (AvgIpc) is 2.90. The first-order valence-electron chi connectivity index (χ1n) is 6.66. The minimum absolute atomic E-state index is 0.152. The summed E-state index contributed by atoms with van der Waals surface area (Å²) in [5.41, 5.74) is 0. The second-order valence-corrected chi connectivity index (χ2v) is 4.43. The predicted molar refractivity (Wildman–Crippen MR) is 77.6 cm³/mol. The molecule has 1 rings (SSSR count). The van der Waals surface area contributed by atoms with Gasteiger partial charge in [0.1, 0.15) is 11.5 Å². The molecule has 0 spiro atoms. The number of nitrogens with zero attached hydrogens (tertiary/aromatic N) is 1. The van der Waals surface area contributed by atoms with Crippen molar-refractivity contribution in [2.75, 3.05) is 33.9 Å². The molecule has 0 bridgehead atoms. The lowest BCUT2D eigenvalue weighted by atomic mass is 10.3. The summed E-state index contributed by atoms with van der Waals surface area (Å²) in [6.07, 6.45) is 3.18. The molecular formula is C15H21NO5. The van der Waals surface area contributed by atoms with E-state index >= 15 is 0 Å². The second kappa shape index (κ2) is 8.97. The highest BCUT2D eigenvalue weighted by molar-refractivity contribution is 5.91. The van der Waals surface area contributed by atoms with Crippen molar-refractivity contribution >= 4 is 18.0 Å². The van der Waals surface area contributed by atoms with Crippen molar-refractivity contribution in [2.24, 2.45) is 0 Å². The highest BCUT2D eigenvalue weighted by Gasteiger charge is 2.12. The number of hydrogen-bond acceptors (Lipinski definition) is 5. The van der Waals surface area contributed by atoms with Crippen LogP contribution in [0.5, 0.6) is 0 Å². The first-order valence-corrected chi connectivity index (χ1v) is 6.66. The first-order chi connectivity index (χ1) is 10.1. The number of esters is 1. The summed E-state index contributed by atoms with van der Waals surface area (Å²) < 4.78 is 14.9. The van der Waals surface area contributed by atoms with E-state index in [-0.39, 0.29) is 24.8 Å². The Hall–Kier alpha value is -2.08. The Balaban J connectivity index is 2.60. The quantitative estimate of drug-likeness (QED) is 0.538. The highest BCUT2D eigenvalue weighted by atomic mass is 16.5. The van der Waals surface area contributed by atoms with Crippen molar-refractivity contribution in [3.05, 3.63) is 29.7 Å². The van der Waals surface area contributed by atoms with E-state index < -0.39 is 0 Å². The van der Waals surface area contributed by atoms with Crippen LogP contribution in [0.1, 0.15) is 17.9 Å². The van der Waals surface area contributed by atoms with Gasteiger partial charge in [0, 0.05) is 26.3 Å². The van der Waals surface area contributed by atoms with E-state index in [0.717, 1.165) is 5.76 Å². The van der Waals surface area contributed by atoms with Gasteiger partial charge in [0.25, 0.3) is 0 Å². The fourth-order valence-corrected chi connectivity index (χ4v) is 1.66. The Morgan fingerprint density at radius 3 is 2.62 bits per heavy atom. The van der Waals surface area contributed by atoms with Crippen LogP contribution in [-0.4, -0.2) is 50.7 Å². The summed E-state index contributed by atoms with van der Waals surface area (Å²) >= 11 is 0. The molecule has 1 aromatic rings. The van der Waals surface area contributed by atoms with Gasteiger partial charge >= 0.3 is 5.97 Å². The second-order valence-electron chi connectivity index (χ2n) is 4.43. The summed E-state index contributed by atoms with van der Waals surface area (Å²) in [4.78, 5) is 24.8. The van der Waals surface area contributed by atoms with Crippen molar-refractivity contribution in [3.63, 3.8) is 0 Å². The van der Waals surface area contributed by atoms with E-state index in [9.17, 15) is 9.59 Å². The standard InChI is InChI=1S/C15H21NO5/c1-12-4-5-13(21-12)6-7-14(17)16(10-11-19-2)9-8-15(18)20-3/h4-7H,8-11H2,1-3H3. The molecule has 0 saturated heterocycles. The molecular weight excluding hydrogens is 274 g/mol. The molecule has 1 aromatic heterocycles. The zero-order valence-electron chi connectivity index (χ0n) is 12.6. The number of furan rings is 1. The molecule has 0 aromatic carbocycles. The Bertz CT molecular complexity index is 492. The number of methoxy groups -OCH3 is 2. The smallest absolute Gasteiger partial charge is 0.307 e. The summed E-state index contributed by atoms with van der Waals surface area (Å²) in [6, 6.07) is 3.61. The van der Waals surface area contributed by atoms with Gasteiger partial charge in [0.15, 0.2) is 0 Å². The van der Waals surface area contributed by atoms with E-state index in [1.807, 2.05) is 13.0 Å². The summed E-state index contributed by atoms with van der Waals surface area (Å²) in [5, 5.41) is 0. The van der Waals surface area contributed by atoms with Crippen molar-refractivity contribution in [1.29, 1.82) is 0 Å². The van der Waals surface area contributed by atoms with Gasteiger partial charge in [-0.3, -0.25) is 9.59 Å². The largest absolute Gasteiger partial charge is 0.469 e. The van der Waals surface area contributed by atoms with E-state index in [4.69, 9.17) is 9.15 Å². The van der Waals surface area contributed by atoms with Crippen LogP contribution in [-0.2, 0) is 19.1 Å². The van der Waals surface area contributed by atoms with Crippen LogP contribution in [0.3, 0.4) is 0 Å². The molecule has 6 heteroatoms. The lowest BCUT2D eigenvalue weighted by Gasteiger charge is -2.20. The number of aryl methyl sites for hydroxylation is 1. The molecule has 0 unspecified atom stereocenters. The molecule has 0 saturated carbocycles. The Morgan fingerprint density at radius 2 is 2.05 bits per heavy atom. The van der Waals surface area contributed by atoms with Crippen LogP contribution in [0, 0.1) is 6.92 Å². The molecule has 0 aliphatic carbocycles. The van der Waals surface area contributed by atoms with Crippen LogP contribution in [0.15, 0.2) is 22.6 Å². The molecule has 0 fully saturated rings. The number of carbonyl (C=O) groups excluding carboxylic acids is 2. The van der Waals surface area contributed by atoms with Crippen molar-refractivity contribution < 1.29 is 23.5 Å². The predicted octanol–water partition coefficient (Wildman–Crippen LogP) is 1.64. The molecule has 116 valence electrons.